The number of nitrogens with one attached hydrogen (secondary N) is 1. The highest BCUT2D eigenvalue weighted by Crippen LogP contribution is 2.32. The van der Waals surface area contributed by atoms with Crippen LogP contribution < -0.4 is 5.32 Å². The number of aromatic nitrogens is 3. The lowest BCUT2D eigenvalue weighted by atomic mass is 9.91. The van der Waals surface area contributed by atoms with Gasteiger partial charge in [-0.3, -0.25) is 14.4 Å². The summed E-state index contributed by atoms with van der Waals surface area (Å²) in [4.78, 5) is 14.4. The quantitative estimate of drug-likeness (QED) is 0.763. The molecule has 4 rings (SSSR count). The Balaban J connectivity index is 1.34. The van der Waals surface area contributed by atoms with E-state index in [0.29, 0.717) is 12.1 Å². The highest BCUT2D eigenvalue weighted by atomic mass is 19.1. The molecule has 0 unspecified atom stereocenters. The van der Waals surface area contributed by atoms with Crippen LogP contribution in [0.2, 0.25) is 0 Å². The van der Waals surface area contributed by atoms with Gasteiger partial charge in [0.05, 0.1) is 29.8 Å². The molecule has 1 aromatic carbocycles. The number of fused-ring (bicyclic) bond motifs is 1. The average molecular weight is 371 g/mol. The van der Waals surface area contributed by atoms with Crippen LogP contribution in [0.1, 0.15) is 30.1 Å². The zero-order valence-electron chi connectivity index (χ0n) is 15.4. The number of hydrogen-bond acceptors (Lipinski definition) is 5. The first-order valence-corrected chi connectivity index (χ1v) is 9.07. The number of benzene rings is 1. The molecule has 0 aliphatic carbocycles. The summed E-state index contributed by atoms with van der Waals surface area (Å²) in [5.41, 5.74) is 3.05. The molecule has 1 fully saturated rings. The number of likely N-dealkylation sites (tertiary alicyclic amines) is 1. The Labute approximate surface area is 156 Å². The third-order valence-corrected chi connectivity index (χ3v) is 5.31. The van der Waals surface area contributed by atoms with Gasteiger partial charge < -0.3 is 9.84 Å². The van der Waals surface area contributed by atoms with Gasteiger partial charge in [-0.25, -0.2) is 4.39 Å². The topological polar surface area (TPSA) is 76.2 Å². The Hall–Kier alpha value is -2.74. The summed E-state index contributed by atoms with van der Waals surface area (Å²) in [6, 6.07) is 4.53. The van der Waals surface area contributed by atoms with Crippen LogP contribution in [0.15, 0.2) is 28.9 Å². The number of aryl methyl sites for hydroxylation is 1. The second-order valence-electron chi connectivity index (χ2n) is 7.07. The van der Waals surface area contributed by atoms with E-state index in [2.05, 4.69) is 20.5 Å². The van der Waals surface area contributed by atoms with Crippen LogP contribution in [0.5, 0.6) is 0 Å². The third-order valence-electron chi connectivity index (χ3n) is 5.31. The van der Waals surface area contributed by atoms with Gasteiger partial charge in [0.2, 0.25) is 5.91 Å². The van der Waals surface area contributed by atoms with Crippen LogP contribution in [0.25, 0.3) is 11.0 Å². The van der Waals surface area contributed by atoms with E-state index in [1.165, 1.54) is 12.1 Å². The number of nitrogens with zero attached hydrogens (tertiary/aromatic N) is 4. The zero-order valence-corrected chi connectivity index (χ0v) is 15.4. The number of amides is 1. The molecule has 3 aromatic rings. The van der Waals surface area contributed by atoms with E-state index in [9.17, 15) is 9.18 Å². The van der Waals surface area contributed by atoms with Crippen molar-refractivity contribution in [3.8, 4) is 0 Å². The summed E-state index contributed by atoms with van der Waals surface area (Å²) < 4.78 is 20.3. The van der Waals surface area contributed by atoms with Crippen molar-refractivity contribution in [2.75, 3.05) is 25.0 Å². The molecule has 27 heavy (non-hydrogen) atoms. The largest absolute Gasteiger partial charge is 0.356 e. The first-order valence-electron chi connectivity index (χ1n) is 9.07. The van der Waals surface area contributed by atoms with E-state index in [1.807, 2.05) is 14.0 Å². The summed E-state index contributed by atoms with van der Waals surface area (Å²) in [7, 11) is 1.84. The smallest absolute Gasteiger partial charge is 0.238 e. The highest BCUT2D eigenvalue weighted by molar-refractivity contribution is 5.92. The maximum absolute atomic E-state index is 13.3. The van der Waals surface area contributed by atoms with E-state index in [-0.39, 0.29) is 17.6 Å². The number of halogens is 1. The molecule has 142 valence electrons. The van der Waals surface area contributed by atoms with Crippen molar-refractivity contribution >= 4 is 22.6 Å². The molecule has 3 heterocycles. The van der Waals surface area contributed by atoms with Gasteiger partial charge in [0, 0.05) is 24.4 Å². The average Bonchev–Trinajstić information content (AvgIpc) is 3.20. The predicted octanol–water partition coefficient (Wildman–Crippen LogP) is 2.83. The molecule has 2 aromatic heterocycles. The molecule has 7 nitrogen and oxygen atoms in total. The number of rotatable bonds is 4. The van der Waals surface area contributed by atoms with Crippen molar-refractivity contribution in [1.29, 1.82) is 0 Å². The van der Waals surface area contributed by atoms with E-state index in [4.69, 9.17) is 4.52 Å². The zero-order chi connectivity index (χ0) is 19.0. The number of carbonyl (C=O) groups is 1. The van der Waals surface area contributed by atoms with Gasteiger partial charge in [0.1, 0.15) is 5.82 Å². The molecule has 1 saturated heterocycles. The molecule has 0 atom stereocenters. The summed E-state index contributed by atoms with van der Waals surface area (Å²) >= 11 is 0. The monoisotopic (exact) mass is 371 g/mol. The first-order chi connectivity index (χ1) is 13.0. The van der Waals surface area contributed by atoms with Gasteiger partial charge in [-0.05, 0) is 45.0 Å². The molecular weight excluding hydrogens is 349 g/mol. The standard InChI is InChI=1S/C19H22FN5O2/c1-12-16(10-21-24(12)2)22-18(26)11-25-7-5-13(6-8-25)19-15-4-3-14(20)9-17(15)27-23-19/h3-4,9-10,13H,5-8,11H2,1-2H3,(H,22,26). The lowest BCUT2D eigenvalue weighted by Gasteiger charge is -2.30. The van der Waals surface area contributed by atoms with Crippen LogP contribution in [0.3, 0.4) is 0 Å². The van der Waals surface area contributed by atoms with Gasteiger partial charge in [0.15, 0.2) is 5.58 Å². The minimum atomic E-state index is -0.324. The lowest BCUT2D eigenvalue weighted by Crippen LogP contribution is -2.38. The first kappa shape index (κ1) is 17.7. The minimum Gasteiger partial charge on any atom is -0.356 e. The van der Waals surface area contributed by atoms with Crippen molar-refractivity contribution in [3.63, 3.8) is 0 Å². The summed E-state index contributed by atoms with van der Waals surface area (Å²) in [6.45, 7) is 3.88. The van der Waals surface area contributed by atoms with Crippen LogP contribution in [-0.4, -0.2) is 45.4 Å². The molecule has 1 amide bonds. The van der Waals surface area contributed by atoms with Crippen LogP contribution in [0.4, 0.5) is 10.1 Å². The molecule has 0 bridgehead atoms. The Kier molecular flexibility index (Phi) is 4.65. The maximum atomic E-state index is 13.3. The Morgan fingerprint density at radius 2 is 2.15 bits per heavy atom. The number of piperidine rings is 1. The second kappa shape index (κ2) is 7.11. The number of carbonyl (C=O) groups excluding carboxylic acids is 1. The summed E-state index contributed by atoms with van der Waals surface area (Å²) in [6.07, 6.45) is 3.44. The molecule has 8 heteroatoms. The van der Waals surface area contributed by atoms with Crippen molar-refractivity contribution in [1.82, 2.24) is 19.8 Å². The molecule has 0 radical (unpaired) electrons. The molecule has 0 saturated carbocycles. The van der Waals surface area contributed by atoms with Gasteiger partial charge in [-0.15, -0.1) is 0 Å². The second-order valence-corrected chi connectivity index (χ2v) is 7.07. The number of hydrogen-bond donors (Lipinski definition) is 1. The normalized spacial score (nSPS) is 16.1. The predicted molar refractivity (Wildman–Crippen MR) is 99.0 cm³/mol. The van der Waals surface area contributed by atoms with E-state index >= 15 is 0 Å². The molecule has 1 aliphatic rings. The fourth-order valence-electron chi connectivity index (χ4n) is 3.60. The molecule has 1 aliphatic heterocycles. The Morgan fingerprint density at radius 1 is 1.37 bits per heavy atom. The molecule has 0 spiro atoms. The minimum absolute atomic E-state index is 0.0353. The van der Waals surface area contributed by atoms with Crippen LogP contribution >= 0.6 is 0 Å². The van der Waals surface area contributed by atoms with Crippen LogP contribution in [0, 0.1) is 12.7 Å². The SMILES string of the molecule is Cc1c(NC(=O)CN2CCC(c3noc4cc(F)ccc34)CC2)cnn1C. The van der Waals surface area contributed by atoms with Crippen molar-refractivity contribution in [2.45, 2.75) is 25.7 Å². The highest BCUT2D eigenvalue weighted by Gasteiger charge is 2.26. The lowest BCUT2D eigenvalue weighted by molar-refractivity contribution is -0.117. The van der Waals surface area contributed by atoms with E-state index < -0.39 is 0 Å². The van der Waals surface area contributed by atoms with Gasteiger partial charge in [-0.2, -0.15) is 5.10 Å². The van der Waals surface area contributed by atoms with E-state index in [0.717, 1.165) is 48.4 Å². The fraction of sp³-hybridized carbons (Fsp3) is 0.421. The van der Waals surface area contributed by atoms with Gasteiger partial charge >= 0.3 is 0 Å². The van der Waals surface area contributed by atoms with Crippen molar-refractivity contribution in [2.24, 2.45) is 7.05 Å². The number of anilines is 1. The van der Waals surface area contributed by atoms with E-state index in [1.54, 1.807) is 16.9 Å². The maximum Gasteiger partial charge on any atom is 0.238 e. The van der Waals surface area contributed by atoms with Crippen molar-refractivity contribution < 1.29 is 13.7 Å². The molecular formula is C19H22FN5O2. The fourth-order valence-corrected chi connectivity index (χ4v) is 3.60. The Bertz CT molecular complexity index is 972. The van der Waals surface area contributed by atoms with Gasteiger partial charge in [-0.1, -0.05) is 5.16 Å². The van der Waals surface area contributed by atoms with Crippen molar-refractivity contribution in [3.05, 3.63) is 41.6 Å². The van der Waals surface area contributed by atoms with Crippen LogP contribution in [-0.2, 0) is 11.8 Å². The third kappa shape index (κ3) is 3.57. The van der Waals surface area contributed by atoms with Gasteiger partial charge in [0.25, 0.3) is 0 Å². The Morgan fingerprint density at radius 3 is 2.85 bits per heavy atom. The summed E-state index contributed by atoms with van der Waals surface area (Å²) in [5.74, 6) is -0.0987. The molecule has 1 N–H and O–H groups in total. The summed E-state index contributed by atoms with van der Waals surface area (Å²) in [5, 5.41) is 12.1.